The van der Waals surface area contributed by atoms with E-state index in [-0.39, 0.29) is 22.0 Å². The second kappa shape index (κ2) is 7.94. The van der Waals surface area contributed by atoms with Crippen LogP contribution in [-0.2, 0) is 26.6 Å². The lowest BCUT2D eigenvalue weighted by atomic mass is 10.1. The summed E-state index contributed by atoms with van der Waals surface area (Å²) in [4.78, 5) is 0.0261. The van der Waals surface area contributed by atoms with Crippen LogP contribution >= 0.6 is 0 Å². The first-order valence-electron chi connectivity index (χ1n) is 8.97. The van der Waals surface area contributed by atoms with E-state index < -0.39 is 20.0 Å². The average molecular weight is 443 g/mol. The van der Waals surface area contributed by atoms with E-state index in [2.05, 4.69) is 9.44 Å². The normalized spacial score (nSPS) is 12.1. The Morgan fingerprint density at radius 3 is 2.23 bits per heavy atom. The van der Waals surface area contributed by atoms with Gasteiger partial charge in [-0.25, -0.2) is 21.6 Å². The maximum absolute atomic E-state index is 12.8. The lowest BCUT2D eigenvalue weighted by Gasteiger charge is -2.11. The van der Waals surface area contributed by atoms with Gasteiger partial charge in [-0.05, 0) is 53.2 Å². The van der Waals surface area contributed by atoms with Gasteiger partial charge >= 0.3 is 0 Å². The molecule has 0 aliphatic carbocycles. The van der Waals surface area contributed by atoms with Crippen molar-refractivity contribution in [3.63, 3.8) is 0 Å². The largest absolute Gasteiger partial charge is 0.468 e. The number of fused-ring (bicyclic) bond motifs is 1. The van der Waals surface area contributed by atoms with Crippen molar-refractivity contribution in [2.45, 2.75) is 16.3 Å². The number of sulfonamides is 2. The summed E-state index contributed by atoms with van der Waals surface area (Å²) in [6.45, 7) is -0.0115. The topological polar surface area (TPSA) is 105 Å². The molecule has 0 atom stereocenters. The summed E-state index contributed by atoms with van der Waals surface area (Å²) in [5, 5.41) is 1.71. The van der Waals surface area contributed by atoms with Crippen LogP contribution in [0.3, 0.4) is 0 Å². The molecule has 154 valence electrons. The Balaban J connectivity index is 1.57. The van der Waals surface area contributed by atoms with Crippen molar-refractivity contribution in [1.82, 2.24) is 4.72 Å². The molecule has 0 unspecified atom stereocenters. The summed E-state index contributed by atoms with van der Waals surface area (Å²) < 4.78 is 60.6. The molecule has 0 radical (unpaired) electrons. The van der Waals surface area contributed by atoms with Crippen LogP contribution in [0.25, 0.3) is 10.8 Å². The van der Waals surface area contributed by atoms with Gasteiger partial charge in [0.1, 0.15) is 5.76 Å². The average Bonchev–Trinajstić information content (AvgIpc) is 3.26. The van der Waals surface area contributed by atoms with Gasteiger partial charge in [0, 0.05) is 0 Å². The molecule has 0 spiro atoms. The van der Waals surface area contributed by atoms with E-state index in [1.807, 2.05) is 24.3 Å². The first-order valence-corrected chi connectivity index (χ1v) is 11.9. The van der Waals surface area contributed by atoms with Gasteiger partial charge in [-0.2, -0.15) is 0 Å². The van der Waals surface area contributed by atoms with E-state index in [0.717, 1.165) is 10.8 Å². The molecule has 0 bridgehead atoms. The smallest absolute Gasteiger partial charge is 0.261 e. The third-order valence-electron chi connectivity index (χ3n) is 4.44. The fourth-order valence-electron chi connectivity index (χ4n) is 2.94. The van der Waals surface area contributed by atoms with Crippen molar-refractivity contribution in [2.24, 2.45) is 0 Å². The van der Waals surface area contributed by atoms with E-state index in [1.54, 1.807) is 24.3 Å². The Morgan fingerprint density at radius 2 is 1.47 bits per heavy atom. The second-order valence-electron chi connectivity index (χ2n) is 6.55. The highest BCUT2D eigenvalue weighted by Gasteiger charge is 2.18. The van der Waals surface area contributed by atoms with Gasteiger partial charge in [0.25, 0.3) is 10.0 Å². The van der Waals surface area contributed by atoms with Crippen LogP contribution in [0.1, 0.15) is 5.76 Å². The van der Waals surface area contributed by atoms with Gasteiger partial charge < -0.3 is 4.42 Å². The lowest BCUT2D eigenvalue weighted by molar-refractivity contribution is 0.498. The Hall–Kier alpha value is -3.14. The van der Waals surface area contributed by atoms with Crippen LogP contribution in [-0.4, -0.2) is 16.8 Å². The number of furan rings is 1. The van der Waals surface area contributed by atoms with Crippen molar-refractivity contribution in [3.05, 3.63) is 90.9 Å². The fourth-order valence-corrected chi connectivity index (χ4v) is 5.06. The molecule has 9 heteroatoms. The zero-order valence-corrected chi connectivity index (χ0v) is 17.3. The van der Waals surface area contributed by atoms with Crippen molar-refractivity contribution < 1.29 is 21.3 Å². The highest BCUT2D eigenvalue weighted by molar-refractivity contribution is 7.92. The summed E-state index contributed by atoms with van der Waals surface area (Å²) in [5.74, 6) is 0.465. The highest BCUT2D eigenvalue weighted by Crippen LogP contribution is 2.23. The predicted molar refractivity (Wildman–Crippen MR) is 114 cm³/mol. The molecule has 4 aromatic rings. The van der Waals surface area contributed by atoms with Gasteiger partial charge in [0.15, 0.2) is 0 Å². The molecule has 2 N–H and O–H groups in total. The summed E-state index contributed by atoms with van der Waals surface area (Å²) >= 11 is 0. The lowest BCUT2D eigenvalue weighted by Crippen LogP contribution is -2.23. The molecular formula is C21H18N2O5S2. The van der Waals surface area contributed by atoms with Crippen LogP contribution < -0.4 is 9.44 Å². The third-order valence-corrected chi connectivity index (χ3v) is 7.22. The molecule has 0 aliphatic rings. The first-order chi connectivity index (χ1) is 14.3. The van der Waals surface area contributed by atoms with Gasteiger partial charge in [-0.3, -0.25) is 4.72 Å². The fraction of sp³-hybridized carbons (Fsp3) is 0.0476. The zero-order chi connectivity index (χ0) is 21.2. The zero-order valence-electron chi connectivity index (χ0n) is 15.6. The van der Waals surface area contributed by atoms with Crippen molar-refractivity contribution in [2.75, 3.05) is 4.72 Å². The van der Waals surface area contributed by atoms with Crippen molar-refractivity contribution in [3.8, 4) is 0 Å². The van der Waals surface area contributed by atoms with E-state index in [0.29, 0.717) is 5.76 Å². The number of hydrogen-bond donors (Lipinski definition) is 2. The minimum Gasteiger partial charge on any atom is -0.468 e. The molecule has 3 aromatic carbocycles. The van der Waals surface area contributed by atoms with Crippen molar-refractivity contribution in [1.29, 1.82) is 0 Å². The summed E-state index contributed by atoms with van der Waals surface area (Å²) in [6.07, 6.45) is 1.45. The Morgan fingerprint density at radius 1 is 0.700 bits per heavy atom. The second-order valence-corrected chi connectivity index (χ2v) is 10.00. The molecule has 30 heavy (non-hydrogen) atoms. The summed E-state index contributed by atoms with van der Waals surface area (Å²) in [5.41, 5.74) is 0.143. The van der Waals surface area contributed by atoms with E-state index >= 15 is 0 Å². The minimum absolute atomic E-state index is 0.0115. The maximum Gasteiger partial charge on any atom is 0.261 e. The van der Waals surface area contributed by atoms with Crippen LogP contribution in [0.5, 0.6) is 0 Å². The Labute approximate surface area is 174 Å². The molecule has 0 aliphatic heterocycles. The number of anilines is 1. The van der Waals surface area contributed by atoms with E-state index in [1.165, 1.54) is 36.6 Å². The molecule has 0 fully saturated rings. The van der Waals surface area contributed by atoms with Crippen LogP contribution in [0.4, 0.5) is 5.69 Å². The number of benzene rings is 3. The maximum atomic E-state index is 12.8. The molecule has 7 nitrogen and oxygen atoms in total. The third kappa shape index (κ3) is 4.38. The molecule has 0 amide bonds. The highest BCUT2D eigenvalue weighted by atomic mass is 32.2. The van der Waals surface area contributed by atoms with Crippen LogP contribution in [0.15, 0.2) is 99.3 Å². The molecule has 1 heterocycles. The number of nitrogens with one attached hydrogen (secondary N) is 2. The Bertz CT molecular complexity index is 1400. The van der Waals surface area contributed by atoms with Gasteiger partial charge in [0.2, 0.25) is 10.0 Å². The number of rotatable bonds is 7. The summed E-state index contributed by atoms with van der Waals surface area (Å²) in [6, 6.07) is 21.2. The molecule has 1 aromatic heterocycles. The van der Waals surface area contributed by atoms with Crippen LogP contribution in [0.2, 0.25) is 0 Å². The quantitative estimate of drug-likeness (QED) is 0.454. The SMILES string of the molecule is O=S(=O)(NCc1ccco1)c1cccc(NS(=O)(=O)c2ccc3ccccc3c2)c1. The van der Waals surface area contributed by atoms with Crippen molar-refractivity contribution >= 4 is 36.5 Å². The van der Waals surface area contributed by atoms with Crippen LogP contribution in [0, 0.1) is 0 Å². The predicted octanol–water partition coefficient (Wildman–Crippen LogP) is 3.71. The van der Waals surface area contributed by atoms with E-state index in [9.17, 15) is 16.8 Å². The van der Waals surface area contributed by atoms with Gasteiger partial charge in [-0.1, -0.05) is 36.4 Å². The molecule has 0 saturated carbocycles. The first kappa shape index (κ1) is 20.1. The van der Waals surface area contributed by atoms with Gasteiger partial charge in [-0.15, -0.1) is 0 Å². The standard InChI is InChI=1S/C21H18N2O5S2/c24-29(25,22-15-19-8-4-12-28-19)20-9-3-7-18(14-20)23-30(26,27)21-11-10-16-5-1-2-6-17(16)13-21/h1-14,22-23H,15H2. The molecular weight excluding hydrogens is 424 g/mol. The molecule has 4 rings (SSSR count). The van der Waals surface area contributed by atoms with Gasteiger partial charge in [0.05, 0.1) is 28.3 Å². The van der Waals surface area contributed by atoms with E-state index in [4.69, 9.17) is 4.42 Å². The minimum atomic E-state index is -3.90. The monoisotopic (exact) mass is 442 g/mol. The molecule has 0 saturated heterocycles. The summed E-state index contributed by atoms with van der Waals surface area (Å²) in [7, 11) is -7.75. The Kier molecular flexibility index (Phi) is 5.33. The number of hydrogen-bond acceptors (Lipinski definition) is 5.